The number of imide groups is 1. The number of hydrazone groups is 1. The molecule has 1 heterocycles. The normalized spacial score (nSPS) is 19.4. The number of carbonyl (C=O) groups excluding carboxylic acids is 2. The van der Waals surface area contributed by atoms with Crippen LogP contribution in [0.15, 0.2) is 53.6 Å². The van der Waals surface area contributed by atoms with Crippen molar-refractivity contribution in [2.24, 2.45) is 5.10 Å². The van der Waals surface area contributed by atoms with Gasteiger partial charge in [0.25, 0.3) is 5.91 Å². The molecule has 7 nitrogen and oxygen atoms in total. The Hall–Kier alpha value is -3.49. The number of para-hydroxylation sites is 1. The molecule has 2 aromatic rings. The molecule has 3 rings (SSSR count). The first kappa shape index (κ1) is 19.3. The minimum Gasteiger partial charge on any atom is -0.497 e. The van der Waals surface area contributed by atoms with Crippen LogP contribution in [0.2, 0.25) is 0 Å². The molecule has 0 aromatic heterocycles. The van der Waals surface area contributed by atoms with Crippen LogP contribution in [0.25, 0.3) is 0 Å². The van der Waals surface area contributed by atoms with Gasteiger partial charge in [0.05, 0.1) is 13.3 Å². The summed E-state index contributed by atoms with van der Waals surface area (Å²) in [7, 11) is 1.52. The zero-order valence-corrected chi connectivity index (χ0v) is 15.1. The van der Waals surface area contributed by atoms with Gasteiger partial charge < -0.3 is 14.8 Å². The Morgan fingerprint density at radius 3 is 2.46 bits per heavy atom. The monoisotopic (exact) mass is 389 g/mol. The van der Waals surface area contributed by atoms with Crippen molar-refractivity contribution in [1.29, 1.82) is 0 Å². The molecule has 0 aliphatic carbocycles. The van der Waals surface area contributed by atoms with Crippen LogP contribution in [0.4, 0.5) is 13.6 Å². The predicted octanol–water partition coefficient (Wildman–Crippen LogP) is 3.10. The molecular weight excluding hydrogens is 372 g/mol. The van der Waals surface area contributed by atoms with Crippen LogP contribution in [-0.4, -0.2) is 36.9 Å². The number of benzene rings is 2. The summed E-state index contributed by atoms with van der Waals surface area (Å²) < 4.78 is 34.5. The highest BCUT2D eigenvalue weighted by atomic mass is 19.3. The number of halogens is 2. The van der Waals surface area contributed by atoms with E-state index in [2.05, 4.69) is 15.2 Å². The van der Waals surface area contributed by atoms with Crippen molar-refractivity contribution >= 4 is 18.2 Å². The van der Waals surface area contributed by atoms with Crippen LogP contribution in [0.3, 0.4) is 0 Å². The molecule has 2 aromatic carbocycles. The largest absolute Gasteiger partial charge is 0.497 e. The summed E-state index contributed by atoms with van der Waals surface area (Å²) in [5.41, 5.74) is -0.577. The predicted molar refractivity (Wildman–Crippen MR) is 96.4 cm³/mol. The highest BCUT2D eigenvalue weighted by Gasteiger charge is 2.49. The zero-order valence-electron chi connectivity index (χ0n) is 15.1. The fraction of sp³-hybridized carbons (Fsp3) is 0.211. The number of rotatable bonds is 6. The van der Waals surface area contributed by atoms with E-state index in [4.69, 9.17) is 4.74 Å². The van der Waals surface area contributed by atoms with E-state index in [1.165, 1.54) is 25.3 Å². The van der Waals surface area contributed by atoms with Crippen LogP contribution in [0.1, 0.15) is 18.1 Å². The molecule has 1 N–H and O–H groups in total. The molecule has 28 heavy (non-hydrogen) atoms. The quantitative estimate of drug-likeness (QED) is 0.608. The average molecular weight is 389 g/mol. The number of alkyl halides is 2. The lowest BCUT2D eigenvalue weighted by Gasteiger charge is -2.21. The number of hydrogen-bond acceptors (Lipinski definition) is 5. The van der Waals surface area contributed by atoms with Crippen LogP contribution in [0, 0.1) is 0 Å². The molecular formula is C19H17F2N3O4. The van der Waals surface area contributed by atoms with Gasteiger partial charge in [-0.05, 0) is 36.8 Å². The van der Waals surface area contributed by atoms with Crippen molar-refractivity contribution in [2.75, 3.05) is 7.11 Å². The van der Waals surface area contributed by atoms with Crippen LogP contribution >= 0.6 is 0 Å². The summed E-state index contributed by atoms with van der Waals surface area (Å²) in [6.07, 6.45) is 1.12. The van der Waals surface area contributed by atoms with Crippen LogP contribution < -0.4 is 14.8 Å². The van der Waals surface area contributed by atoms with Gasteiger partial charge in [0.15, 0.2) is 0 Å². The molecule has 0 bridgehead atoms. The number of amides is 3. The first-order valence-electron chi connectivity index (χ1n) is 8.24. The van der Waals surface area contributed by atoms with E-state index in [0.29, 0.717) is 16.3 Å². The van der Waals surface area contributed by atoms with Crippen molar-refractivity contribution < 1.29 is 27.8 Å². The molecule has 0 radical (unpaired) electrons. The summed E-state index contributed by atoms with van der Waals surface area (Å²) in [5.74, 6) is -0.118. The Kier molecular flexibility index (Phi) is 5.25. The lowest BCUT2D eigenvalue weighted by molar-refractivity contribution is -0.131. The van der Waals surface area contributed by atoms with Crippen molar-refractivity contribution in [3.63, 3.8) is 0 Å². The highest BCUT2D eigenvalue weighted by molar-refractivity contribution is 6.07. The molecule has 1 atom stereocenters. The van der Waals surface area contributed by atoms with Gasteiger partial charge in [0, 0.05) is 5.56 Å². The second kappa shape index (κ2) is 7.63. The molecule has 1 aliphatic rings. The van der Waals surface area contributed by atoms with Gasteiger partial charge in [-0.1, -0.05) is 24.3 Å². The number of nitrogens with zero attached hydrogens (tertiary/aromatic N) is 2. The SMILES string of the molecule is COc1ccc([C@@]2(C)NC(=O)N(/N=C\c3ccccc3OC(F)F)C2=O)cc1. The minimum atomic E-state index is -3.01. The molecule has 1 saturated heterocycles. The van der Waals surface area contributed by atoms with E-state index in [9.17, 15) is 18.4 Å². The van der Waals surface area contributed by atoms with Gasteiger partial charge in [0.2, 0.25) is 0 Å². The van der Waals surface area contributed by atoms with E-state index in [1.807, 2.05) is 0 Å². The fourth-order valence-corrected chi connectivity index (χ4v) is 2.76. The Balaban J connectivity index is 1.85. The maximum absolute atomic E-state index is 12.8. The third-order valence-electron chi connectivity index (χ3n) is 4.28. The van der Waals surface area contributed by atoms with Gasteiger partial charge in [-0.3, -0.25) is 4.79 Å². The molecule has 1 fully saturated rings. The number of nitrogens with one attached hydrogen (secondary N) is 1. The number of ether oxygens (including phenoxy) is 2. The summed E-state index contributed by atoms with van der Waals surface area (Å²) in [6, 6.07) is 11.9. The lowest BCUT2D eigenvalue weighted by Crippen LogP contribution is -2.40. The number of hydrogen-bond donors (Lipinski definition) is 1. The van der Waals surface area contributed by atoms with E-state index in [1.54, 1.807) is 37.3 Å². The third kappa shape index (κ3) is 3.64. The molecule has 0 spiro atoms. The number of urea groups is 1. The molecule has 1 aliphatic heterocycles. The highest BCUT2D eigenvalue weighted by Crippen LogP contribution is 2.30. The number of carbonyl (C=O) groups is 2. The van der Waals surface area contributed by atoms with Gasteiger partial charge in [0.1, 0.15) is 17.0 Å². The Bertz CT molecular complexity index is 918. The molecule has 9 heteroatoms. The van der Waals surface area contributed by atoms with E-state index < -0.39 is 24.1 Å². The van der Waals surface area contributed by atoms with E-state index >= 15 is 0 Å². The Morgan fingerprint density at radius 2 is 1.82 bits per heavy atom. The molecule has 3 amide bonds. The Labute approximate surface area is 159 Å². The van der Waals surface area contributed by atoms with Crippen LogP contribution in [0.5, 0.6) is 11.5 Å². The van der Waals surface area contributed by atoms with Gasteiger partial charge in [-0.2, -0.15) is 13.9 Å². The average Bonchev–Trinajstić information content (AvgIpc) is 2.90. The van der Waals surface area contributed by atoms with Crippen LogP contribution in [-0.2, 0) is 10.3 Å². The lowest BCUT2D eigenvalue weighted by atomic mass is 9.92. The summed E-state index contributed by atoms with van der Waals surface area (Å²) in [5, 5.41) is 7.13. The second-order valence-electron chi connectivity index (χ2n) is 6.06. The number of methoxy groups -OCH3 is 1. The maximum Gasteiger partial charge on any atom is 0.387 e. The van der Waals surface area contributed by atoms with Gasteiger partial charge in [-0.15, -0.1) is 5.01 Å². The van der Waals surface area contributed by atoms with Gasteiger partial charge in [-0.25, -0.2) is 4.79 Å². The van der Waals surface area contributed by atoms with Gasteiger partial charge >= 0.3 is 12.6 Å². The third-order valence-corrected chi connectivity index (χ3v) is 4.28. The molecule has 146 valence electrons. The minimum absolute atomic E-state index is 0.119. The van der Waals surface area contributed by atoms with E-state index in [-0.39, 0.29) is 11.3 Å². The Morgan fingerprint density at radius 1 is 1.14 bits per heavy atom. The first-order valence-corrected chi connectivity index (χ1v) is 8.24. The van der Waals surface area contributed by atoms with Crippen molar-refractivity contribution in [1.82, 2.24) is 10.3 Å². The zero-order chi connectivity index (χ0) is 20.3. The van der Waals surface area contributed by atoms with Crippen molar-refractivity contribution in [3.8, 4) is 11.5 Å². The summed E-state index contributed by atoms with van der Waals surface area (Å²) >= 11 is 0. The molecule has 0 saturated carbocycles. The topological polar surface area (TPSA) is 80.2 Å². The summed E-state index contributed by atoms with van der Waals surface area (Å²) in [6.45, 7) is -1.46. The first-order chi connectivity index (χ1) is 13.3. The molecule has 0 unspecified atom stereocenters. The smallest absolute Gasteiger partial charge is 0.387 e. The standard InChI is InChI=1S/C19H17F2N3O4/c1-19(13-7-9-14(27-2)10-8-13)16(25)24(18(26)23-19)22-11-12-5-3-4-6-15(12)28-17(20)21/h3-11,17H,1-2H3,(H,23,26)/b22-11-/t19-/m1/s1. The van der Waals surface area contributed by atoms with Crippen molar-refractivity contribution in [3.05, 3.63) is 59.7 Å². The fourth-order valence-electron chi connectivity index (χ4n) is 2.76. The van der Waals surface area contributed by atoms with Crippen molar-refractivity contribution in [2.45, 2.75) is 19.1 Å². The maximum atomic E-state index is 12.8. The van der Waals surface area contributed by atoms with E-state index in [0.717, 1.165) is 6.21 Å². The summed E-state index contributed by atoms with van der Waals surface area (Å²) in [4.78, 5) is 25.1. The second-order valence-corrected chi connectivity index (χ2v) is 6.06.